The summed E-state index contributed by atoms with van der Waals surface area (Å²) in [5.74, 6) is 0.762. The lowest BCUT2D eigenvalue weighted by molar-refractivity contribution is 0.402. The minimum absolute atomic E-state index is 0.0614. The Morgan fingerprint density at radius 3 is 2.38 bits per heavy atom. The third-order valence-electron chi connectivity index (χ3n) is 3.39. The van der Waals surface area contributed by atoms with E-state index in [4.69, 9.17) is 27.9 Å². The number of methoxy groups -OCH3 is 1. The van der Waals surface area contributed by atoms with Crippen molar-refractivity contribution in [3.8, 4) is 5.75 Å². The molecule has 21 heavy (non-hydrogen) atoms. The van der Waals surface area contributed by atoms with Crippen LogP contribution in [0.2, 0.25) is 10.0 Å². The zero-order valence-electron chi connectivity index (χ0n) is 12.0. The molecule has 0 amide bonds. The molecule has 2 nitrogen and oxygen atoms in total. The molecule has 0 heterocycles. The van der Waals surface area contributed by atoms with E-state index in [9.17, 15) is 0 Å². The van der Waals surface area contributed by atoms with Crippen molar-refractivity contribution in [3.05, 3.63) is 61.5 Å². The number of halogens is 3. The average Bonchev–Trinajstić information content (AvgIpc) is 2.43. The van der Waals surface area contributed by atoms with Crippen LogP contribution in [-0.4, -0.2) is 14.2 Å². The SMILES string of the molecule is CNC(c1cc(Cl)ccc1C)c1cc(Cl)cc(Br)c1OC. The summed E-state index contributed by atoms with van der Waals surface area (Å²) in [6.45, 7) is 2.06. The molecular formula is C16H16BrCl2NO. The summed E-state index contributed by atoms with van der Waals surface area (Å²) < 4.78 is 6.35. The predicted molar refractivity (Wildman–Crippen MR) is 92.8 cm³/mol. The van der Waals surface area contributed by atoms with Crippen molar-refractivity contribution in [2.75, 3.05) is 14.2 Å². The van der Waals surface area contributed by atoms with E-state index in [1.54, 1.807) is 7.11 Å². The van der Waals surface area contributed by atoms with E-state index in [-0.39, 0.29) is 6.04 Å². The minimum Gasteiger partial charge on any atom is -0.495 e. The highest BCUT2D eigenvalue weighted by Gasteiger charge is 2.21. The summed E-state index contributed by atoms with van der Waals surface area (Å²) in [5, 5.41) is 4.67. The fraction of sp³-hybridized carbons (Fsp3) is 0.250. The van der Waals surface area contributed by atoms with Gasteiger partial charge in [0.15, 0.2) is 0 Å². The molecule has 1 N–H and O–H groups in total. The van der Waals surface area contributed by atoms with Gasteiger partial charge in [-0.2, -0.15) is 0 Å². The highest BCUT2D eigenvalue weighted by Crippen LogP contribution is 2.39. The summed E-state index contributed by atoms with van der Waals surface area (Å²) in [6.07, 6.45) is 0. The molecule has 0 aliphatic rings. The average molecular weight is 389 g/mol. The molecule has 0 spiro atoms. The summed E-state index contributed by atoms with van der Waals surface area (Å²) in [7, 11) is 3.55. The lowest BCUT2D eigenvalue weighted by Crippen LogP contribution is -2.19. The van der Waals surface area contributed by atoms with Gasteiger partial charge in [0.25, 0.3) is 0 Å². The number of benzene rings is 2. The molecule has 0 aliphatic carbocycles. The smallest absolute Gasteiger partial charge is 0.138 e. The molecule has 1 unspecified atom stereocenters. The standard InChI is InChI=1S/C16H16BrCl2NO/c1-9-4-5-10(18)6-12(9)15(20-2)13-7-11(19)8-14(17)16(13)21-3/h4-8,15,20H,1-3H3. The van der Waals surface area contributed by atoms with Crippen molar-refractivity contribution in [1.82, 2.24) is 5.32 Å². The van der Waals surface area contributed by atoms with Crippen LogP contribution in [-0.2, 0) is 0 Å². The molecule has 0 saturated carbocycles. The van der Waals surface area contributed by atoms with Gasteiger partial charge < -0.3 is 10.1 Å². The van der Waals surface area contributed by atoms with Crippen molar-refractivity contribution in [1.29, 1.82) is 0 Å². The summed E-state index contributed by atoms with van der Waals surface area (Å²) in [4.78, 5) is 0. The Kier molecular flexibility index (Phi) is 5.55. The largest absolute Gasteiger partial charge is 0.495 e. The van der Waals surface area contributed by atoms with Crippen LogP contribution in [0.25, 0.3) is 0 Å². The Morgan fingerprint density at radius 2 is 1.76 bits per heavy atom. The lowest BCUT2D eigenvalue weighted by Gasteiger charge is -2.23. The van der Waals surface area contributed by atoms with Gasteiger partial charge in [-0.1, -0.05) is 29.3 Å². The monoisotopic (exact) mass is 387 g/mol. The number of hydrogen-bond donors (Lipinski definition) is 1. The van der Waals surface area contributed by atoms with Crippen LogP contribution in [0.1, 0.15) is 22.7 Å². The van der Waals surface area contributed by atoms with Gasteiger partial charge >= 0.3 is 0 Å². The number of nitrogens with one attached hydrogen (secondary N) is 1. The van der Waals surface area contributed by atoms with E-state index in [1.807, 2.05) is 37.4 Å². The van der Waals surface area contributed by atoms with E-state index in [0.717, 1.165) is 26.9 Å². The highest BCUT2D eigenvalue weighted by molar-refractivity contribution is 9.10. The van der Waals surface area contributed by atoms with Crippen LogP contribution >= 0.6 is 39.1 Å². The zero-order valence-corrected chi connectivity index (χ0v) is 15.1. The van der Waals surface area contributed by atoms with E-state index in [0.29, 0.717) is 10.0 Å². The fourth-order valence-electron chi connectivity index (χ4n) is 2.41. The molecule has 2 rings (SSSR count). The summed E-state index contributed by atoms with van der Waals surface area (Å²) >= 11 is 15.8. The van der Waals surface area contributed by atoms with E-state index in [2.05, 4.69) is 28.2 Å². The molecule has 2 aromatic rings. The van der Waals surface area contributed by atoms with E-state index < -0.39 is 0 Å². The van der Waals surface area contributed by atoms with Crippen molar-refractivity contribution < 1.29 is 4.74 Å². The fourth-order valence-corrected chi connectivity index (χ4v) is 3.59. The number of ether oxygens (including phenoxy) is 1. The van der Waals surface area contributed by atoms with Gasteiger partial charge in [0.1, 0.15) is 5.75 Å². The number of rotatable bonds is 4. The lowest BCUT2D eigenvalue weighted by atomic mass is 9.94. The first-order valence-corrected chi connectivity index (χ1v) is 7.99. The topological polar surface area (TPSA) is 21.3 Å². The predicted octanol–water partition coefficient (Wildman–Crippen LogP) is 5.38. The van der Waals surface area contributed by atoms with Crippen LogP contribution in [0.4, 0.5) is 0 Å². The van der Waals surface area contributed by atoms with Crippen LogP contribution in [0.15, 0.2) is 34.8 Å². The maximum atomic E-state index is 6.20. The number of aryl methyl sites for hydroxylation is 1. The number of hydrogen-bond acceptors (Lipinski definition) is 2. The molecule has 2 aromatic carbocycles. The van der Waals surface area contributed by atoms with Gasteiger partial charge in [0, 0.05) is 15.6 Å². The van der Waals surface area contributed by atoms with Crippen molar-refractivity contribution in [2.24, 2.45) is 0 Å². The molecule has 0 aliphatic heterocycles. The second kappa shape index (κ2) is 7.01. The first-order chi connectivity index (χ1) is 9.97. The minimum atomic E-state index is -0.0614. The van der Waals surface area contributed by atoms with Crippen LogP contribution in [0, 0.1) is 6.92 Å². The Balaban J connectivity index is 2.64. The Labute approximate surface area is 143 Å². The summed E-state index contributed by atoms with van der Waals surface area (Å²) in [6, 6.07) is 9.53. The van der Waals surface area contributed by atoms with Crippen LogP contribution in [0.5, 0.6) is 5.75 Å². The quantitative estimate of drug-likeness (QED) is 0.758. The van der Waals surface area contributed by atoms with Gasteiger partial charge in [-0.15, -0.1) is 0 Å². The molecule has 0 bridgehead atoms. The van der Waals surface area contributed by atoms with E-state index >= 15 is 0 Å². The molecule has 0 saturated heterocycles. The van der Waals surface area contributed by atoms with Crippen molar-refractivity contribution in [2.45, 2.75) is 13.0 Å². The van der Waals surface area contributed by atoms with Crippen LogP contribution < -0.4 is 10.1 Å². The van der Waals surface area contributed by atoms with Gasteiger partial charge in [-0.25, -0.2) is 0 Å². The third-order valence-corrected chi connectivity index (χ3v) is 4.44. The molecule has 0 fully saturated rings. The molecule has 0 aromatic heterocycles. The zero-order chi connectivity index (χ0) is 15.6. The second-order valence-electron chi connectivity index (χ2n) is 4.73. The molecule has 0 radical (unpaired) electrons. The Hall–Kier alpha value is -0.740. The molecular weight excluding hydrogens is 373 g/mol. The van der Waals surface area contributed by atoms with Gasteiger partial charge in [-0.05, 0) is 65.3 Å². The normalized spacial score (nSPS) is 12.3. The van der Waals surface area contributed by atoms with E-state index in [1.165, 1.54) is 0 Å². The Morgan fingerprint density at radius 1 is 1.10 bits per heavy atom. The molecule has 1 atom stereocenters. The maximum absolute atomic E-state index is 6.20. The van der Waals surface area contributed by atoms with Crippen molar-refractivity contribution >= 4 is 39.1 Å². The van der Waals surface area contributed by atoms with Crippen LogP contribution in [0.3, 0.4) is 0 Å². The molecule has 5 heteroatoms. The van der Waals surface area contributed by atoms with Gasteiger partial charge in [0.2, 0.25) is 0 Å². The second-order valence-corrected chi connectivity index (χ2v) is 6.46. The van der Waals surface area contributed by atoms with Crippen molar-refractivity contribution in [3.63, 3.8) is 0 Å². The van der Waals surface area contributed by atoms with Gasteiger partial charge in [-0.3, -0.25) is 0 Å². The maximum Gasteiger partial charge on any atom is 0.138 e. The summed E-state index contributed by atoms with van der Waals surface area (Å²) in [5.41, 5.74) is 3.21. The third kappa shape index (κ3) is 3.54. The Bertz CT molecular complexity index is 661. The highest BCUT2D eigenvalue weighted by atomic mass is 79.9. The first-order valence-electron chi connectivity index (χ1n) is 6.44. The molecule has 112 valence electrons. The van der Waals surface area contributed by atoms with Gasteiger partial charge in [0.05, 0.1) is 17.6 Å². The first kappa shape index (κ1) is 16.6.